The number of rotatable bonds is 4. The van der Waals surface area contributed by atoms with Gasteiger partial charge in [-0.2, -0.15) is 5.10 Å². The van der Waals surface area contributed by atoms with Gasteiger partial charge in [-0.05, 0) is 24.8 Å². The molecule has 1 aromatic rings. The van der Waals surface area contributed by atoms with Crippen molar-refractivity contribution in [3.63, 3.8) is 0 Å². The third-order valence-corrected chi connectivity index (χ3v) is 3.05. The maximum atomic E-state index is 5.62. The Bertz CT molecular complexity index is 296. The predicted molar refractivity (Wildman–Crippen MR) is 59.0 cm³/mol. The van der Waals surface area contributed by atoms with E-state index in [2.05, 4.69) is 10.2 Å². The van der Waals surface area contributed by atoms with E-state index in [1.165, 1.54) is 25.7 Å². The molecule has 0 bridgehead atoms. The first-order chi connectivity index (χ1) is 7.38. The summed E-state index contributed by atoms with van der Waals surface area (Å²) in [6, 6.07) is 3.68. The molecule has 1 aliphatic carbocycles. The van der Waals surface area contributed by atoms with Crippen LogP contribution in [-0.2, 0) is 5.88 Å². The molecular weight excluding hydrogens is 212 g/mol. The molecule has 0 amide bonds. The zero-order chi connectivity index (χ0) is 10.5. The predicted octanol–water partition coefficient (Wildman–Crippen LogP) is 2.78. The summed E-state index contributed by atoms with van der Waals surface area (Å²) in [6.45, 7) is 0.773. The Morgan fingerprint density at radius 3 is 2.67 bits per heavy atom. The first-order valence-corrected chi connectivity index (χ1v) is 5.93. The highest BCUT2D eigenvalue weighted by molar-refractivity contribution is 6.16. The Morgan fingerprint density at radius 1 is 1.27 bits per heavy atom. The van der Waals surface area contributed by atoms with Crippen molar-refractivity contribution < 1.29 is 4.74 Å². The molecule has 0 spiro atoms. The molecule has 0 unspecified atom stereocenters. The highest BCUT2D eigenvalue weighted by atomic mass is 35.5. The smallest absolute Gasteiger partial charge is 0.233 e. The van der Waals surface area contributed by atoms with Gasteiger partial charge in [0.1, 0.15) is 0 Å². The highest BCUT2D eigenvalue weighted by Crippen LogP contribution is 2.25. The minimum atomic E-state index is 0.399. The zero-order valence-electron chi connectivity index (χ0n) is 8.66. The van der Waals surface area contributed by atoms with Crippen LogP contribution in [-0.4, -0.2) is 16.8 Å². The second-order valence-electron chi connectivity index (χ2n) is 3.96. The lowest BCUT2D eigenvalue weighted by molar-refractivity contribution is 0.241. The van der Waals surface area contributed by atoms with Crippen LogP contribution < -0.4 is 4.74 Å². The fourth-order valence-corrected chi connectivity index (χ4v) is 2.02. The normalized spacial score (nSPS) is 16.9. The molecule has 0 saturated heterocycles. The number of aromatic nitrogens is 2. The molecule has 1 aliphatic rings. The summed E-state index contributed by atoms with van der Waals surface area (Å²) < 4.78 is 5.57. The van der Waals surface area contributed by atoms with Crippen LogP contribution in [0.15, 0.2) is 12.1 Å². The highest BCUT2D eigenvalue weighted by Gasteiger charge is 2.15. The number of alkyl halides is 1. The summed E-state index contributed by atoms with van der Waals surface area (Å²) in [5.74, 6) is 1.71. The van der Waals surface area contributed by atoms with Gasteiger partial charge in [0.05, 0.1) is 18.2 Å². The Hall–Kier alpha value is -0.830. The number of hydrogen-bond donors (Lipinski definition) is 0. The molecule has 0 atom stereocenters. The molecule has 0 radical (unpaired) electrons. The quantitative estimate of drug-likeness (QED) is 0.741. The zero-order valence-corrected chi connectivity index (χ0v) is 9.41. The fourth-order valence-electron chi connectivity index (χ4n) is 1.88. The second-order valence-corrected chi connectivity index (χ2v) is 4.23. The topological polar surface area (TPSA) is 35.0 Å². The van der Waals surface area contributed by atoms with Gasteiger partial charge in [0.15, 0.2) is 0 Å². The summed E-state index contributed by atoms with van der Waals surface area (Å²) in [5.41, 5.74) is 0.782. The van der Waals surface area contributed by atoms with E-state index in [-0.39, 0.29) is 0 Å². The molecule has 1 heterocycles. The Morgan fingerprint density at radius 2 is 2.07 bits per heavy atom. The maximum absolute atomic E-state index is 5.62. The van der Waals surface area contributed by atoms with Gasteiger partial charge in [0.2, 0.25) is 5.88 Å². The summed E-state index contributed by atoms with van der Waals surface area (Å²) in [4.78, 5) is 0. The van der Waals surface area contributed by atoms with E-state index in [0.29, 0.717) is 17.7 Å². The number of nitrogens with zero attached hydrogens (tertiary/aromatic N) is 2. The van der Waals surface area contributed by atoms with Gasteiger partial charge < -0.3 is 4.74 Å². The molecule has 0 N–H and O–H groups in total. The standard InChI is InChI=1S/C11H15ClN2O/c12-7-10-5-6-11(14-13-10)15-8-9-3-1-2-4-9/h5-6,9H,1-4,7-8H2. The summed E-state index contributed by atoms with van der Waals surface area (Å²) in [6.07, 6.45) is 5.25. The molecule has 4 heteroatoms. The van der Waals surface area contributed by atoms with Crippen LogP contribution >= 0.6 is 11.6 Å². The van der Waals surface area contributed by atoms with Crippen LogP contribution in [0.3, 0.4) is 0 Å². The van der Waals surface area contributed by atoms with E-state index < -0.39 is 0 Å². The molecular formula is C11H15ClN2O. The molecule has 1 aromatic heterocycles. The van der Waals surface area contributed by atoms with Crippen LogP contribution in [0.2, 0.25) is 0 Å². The fraction of sp³-hybridized carbons (Fsp3) is 0.636. The van der Waals surface area contributed by atoms with E-state index in [0.717, 1.165) is 12.3 Å². The molecule has 2 rings (SSSR count). The Labute approximate surface area is 94.8 Å². The molecule has 15 heavy (non-hydrogen) atoms. The van der Waals surface area contributed by atoms with Crippen LogP contribution in [0.5, 0.6) is 5.88 Å². The van der Waals surface area contributed by atoms with E-state index in [1.807, 2.05) is 12.1 Å². The number of halogens is 1. The van der Waals surface area contributed by atoms with Gasteiger partial charge in [-0.25, -0.2) is 0 Å². The number of hydrogen-bond acceptors (Lipinski definition) is 3. The van der Waals surface area contributed by atoms with Crippen LogP contribution in [0.4, 0.5) is 0 Å². The minimum absolute atomic E-state index is 0.399. The van der Waals surface area contributed by atoms with Crippen molar-refractivity contribution in [2.24, 2.45) is 5.92 Å². The van der Waals surface area contributed by atoms with E-state index in [9.17, 15) is 0 Å². The molecule has 3 nitrogen and oxygen atoms in total. The molecule has 82 valence electrons. The third-order valence-electron chi connectivity index (χ3n) is 2.77. The monoisotopic (exact) mass is 226 g/mol. The van der Waals surface area contributed by atoms with Gasteiger partial charge in [-0.3, -0.25) is 0 Å². The van der Waals surface area contributed by atoms with Crippen molar-refractivity contribution in [1.29, 1.82) is 0 Å². The van der Waals surface area contributed by atoms with Gasteiger partial charge >= 0.3 is 0 Å². The molecule has 0 aromatic carbocycles. The lowest BCUT2D eigenvalue weighted by Gasteiger charge is -2.09. The molecule has 0 aliphatic heterocycles. The SMILES string of the molecule is ClCc1ccc(OCC2CCCC2)nn1. The van der Waals surface area contributed by atoms with Gasteiger partial charge in [0.25, 0.3) is 0 Å². The lowest BCUT2D eigenvalue weighted by atomic mass is 10.1. The third kappa shape index (κ3) is 3.06. The van der Waals surface area contributed by atoms with E-state index in [1.54, 1.807) is 0 Å². The average molecular weight is 227 g/mol. The summed E-state index contributed by atoms with van der Waals surface area (Å²) in [7, 11) is 0. The summed E-state index contributed by atoms with van der Waals surface area (Å²) >= 11 is 5.62. The second kappa shape index (κ2) is 5.31. The van der Waals surface area contributed by atoms with Crippen LogP contribution in [0.25, 0.3) is 0 Å². The van der Waals surface area contributed by atoms with Crippen molar-refractivity contribution in [2.45, 2.75) is 31.6 Å². The van der Waals surface area contributed by atoms with Crippen molar-refractivity contribution in [3.8, 4) is 5.88 Å². The lowest BCUT2D eigenvalue weighted by Crippen LogP contribution is -2.09. The Balaban J connectivity index is 1.82. The first kappa shape index (κ1) is 10.7. The van der Waals surface area contributed by atoms with Gasteiger partial charge in [0, 0.05) is 6.07 Å². The molecule has 1 fully saturated rings. The number of ether oxygens (including phenoxy) is 1. The molecule has 1 saturated carbocycles. The average Bonchev–Trinajstić information content (AvgIpc) is 2.80. The van der Waals surface area contributed by atoms with Crippen molar-refractivity contribution in [2.75, 3.05) is 6.61 Å². The minimum Gasteiger partial charge on any atom is -0.476 e. The van der Waals surface area contributed by atoms with Crippen molar-refractivity contribution >= 4 is 11.6 Å². The van der Waals surface area contributed by atoms with E-state index in [4.69, 9.17) is 16.3 Å². The Kier molecular flexibility index (Phi) is 3.78. The summed E-state index contributed by atoms with van der Waals surface area (Å²) in [5, 5.41) is 7.89. The van der Waals surface area contributed by atoms with Gasteiger partial charge in [-0.15, -0.1) is 16.7 Å². The van der Waals surface area contributed by atoms with Crippen molar-refractivity contribution in [3.05, 3.63) is 17.8 Å². The first-order valence-electron chi connectivity index (χ1n) is 5.40. The largest absolute Gasteiger partial charge is 0.476 e. The van der Waals surface area contributed by atoms with Crippen LogP contribution in [0, 0.1) is 5.92 Å². The van der Waals surface area contributed by atoms with Crippen LogP contribution in [0.1, 0.15) is 31.4 Å². The maximum Gasteiger partial charge on any atom is 0.233 e. The van der Waals surface area contributed by atoms with E-state index >= 15 is 0 Å². The van der Waals surface area contributed by atoms with Crippen molar-refractivity contribution in [1.82, 2.24) is 10.2 Å². The van der Waals surface area contributed by atoms with Gasteiger partial charge in [-0.1, -0.05) is 12.8 Å².